The molecule has 0 aliphatic carbocycles. The average molecular weight is 322 g/mol. The predicted octanol–water partition coefficient (Wildman–Crippen LogP) is 2.98. The first-order chi connectivity index (χ1) is 11.5. The van der Waals surface area contributed by atoms with Gasteiger partial charge in [-0.3, -0.25) is 14.9 Å². The van der Waals surface area contributed by atoms with Gasteiger partial charge in [0.25, 0.3) is 5.91 Å². The van der Waals surface area contributed by atoms with Crippen molar-refractivity contribution in [2.24, 2.45) is 0 Å². The van der Waals surface area contributed by atoms with Gasteiger partial charge in [-0.15, -0.1) is 0 Å². The van der Waals surface area contributed by atoms with E-state index in [1.54, 1.807) is 36.5 Å². The standard InChI is InChI=1S/C18H18N4O2/c1-11-3-8-15(19-10-11)12(2)20-18(24)17-9-16(21-22-17)13-4-6-14(23)7-5-13/h3-10,12,23H,1-2H3,(H,20,24)(H,21,22)/t12-/m1/s1. The lowest BCUT2D eigenvalue weighted by Crippen LogP contribution is -2.27. The Labute approximate surface area is 139 Å². The molecule has 6 heteroatoms. The number of phenols is 1. The first-order valence-electron chi connectivity index (χ1n) is 7.61. The van der Waals surface area contributed by atoms with Crippen molar-refractivity contribution in [3.63, 3.8) is 0 Å². The van der Waals surface area contributed by atoms with Crippen LogP contribution in [0.25, 0.3) is 11.3 Å². The molecule has 3 aromatic rings. The van der Waals surface area contributed by atoms with E-state index < -0.39 is 0 Å². The molecule has 0 radical (unpaired) electrons. The summed E-state index contributed by atoms with van der Waals surface area (Å²) in [5.74, 6) is -0.0610. The largest absolute Gasteiger partial charge is 0.508 e. The summed E-state index contributed by atoms with van der Waals surface area (Å²) in [4.78, 5) is 16.7. The number of aryl methyl sites for hydroxylation is 1. The van der Waals surface area contributed by atoms with E-state index in [9.17, 15) is 9.90 Å². The SMILES string of the molecule is Cc1ccc([C@@H](C)NC(=O)c2cc(-c3ccc(O)cc3)n[nH]2)nc1. The second-order valence-corrected chi connectivity index (χ2v) is 5.67. The van der Waals surface area contributed by atoms with Crippen LogP contribution in [0.2, 0.25) is 0 Å². The van der Waals surface area contributed by atoms with Crippen LogP contribution in [0.1, 0.15) is 34.7 Å². The number of hydrogen-bond acceptors (Lipinski definition) is 4. The molecule has 0 aliphatic rings. The molecular weight excluding hydrogens is 304 g/mol. The Kier molecular flexibility index (Phi) is 4.29. The van der Waals surface area contributed by atoms with E-state index in [0.717, 1.165) is 16.8 Å². The number of nitrogens with zero attached hydrogens (tertiary/aromatic N) is 2. The predicted molar refractivity (Wildman–Crippen MR) is 90.5 cm³/mol. The van der Waals surface area contributed by atoms with Gasteiger partial charge < -0.3 is 10.4 Å². The molecule has 1 amide bonds. The minimum atomic E-state index is -0.248. The number of aromatic hydroxyl groups is 1. The van der Waals surface area contributed by atoms with Crippen molar-refractivity contribution >= 4 is 5.91 Å². The summed E-state index contributed by atoms with van der Waals surface area (Å²) < 4.78 is 0. The number of pyridine rings is 1. The zero-order valence-electron chi connectivity index (χ0n) is 13.4. The fourth-order valence-electron chi connectivity index (χ4n) is 2.30. The van der Waals surface area contributed by atoms with E-state index in [-0.39, 0.29) is 17.7 Å². The van der Waals surface area contributed by atoms with Crippen molar-refractivity contribution in [3.05, 3.63) is 65.6 Å². The number of nitrogens with one attached hydrogen (secondary N) is 2. The summed E-state index contributed by atoms with van der Waals surface area (Å²) in [5, 5.41) is 19.1. The minimum absolute atomic E-state index is 0.187. The van der Waals surface area contributed by atoms with Crippen LogP contribution in [0.4, 0.5) is 0 Å². The Bertz CT molecular complexity index is 838. The Morgan fingerprint density at radius 3 is 2.62 bits per heavy atom. The van der Waals surface area contributed by atoms with Gasteiger partial charge in [-0.25, -0.2) is 0 Å². The number of aromatic nitrogens is 3. The van der Waals surface area contributed by atoms with Crippen LogP contribution in [0, 0.1) is 6.92 Å². The molecule has 0 bridgehead atoms. The van der Waals surface area contributed by atoms with Crippen LogP contribution in [0.3, 0.4) is 0 Å². The second-order valence-electron chi connectivity index (χ2n) is 5.67. The van der Waals surface area contributed by atoms with Gasteiger partial charge >= 0.3 is 0 Å². The number of carbonyl (C=O) groups excluding carboxylic acids is 1. The van der Waals surface area contributed by atoms with Crippen molar-refractivity contribution in [2.45, 2.75) is 19.9 Å². The number of H-pyrrole nitrogens is 1. The number of phenolic OH excluding ortho intramolecular Hbond substituents is 1. The molecule has 0 aliphatic heterocycles. The topological polar surface area (TPSA) is 90.9 Å². The molecule has 0 spiro atoms. The molecule has 2 heterocycles. The summed E-state index contributed by atoms with van der Waals surface area (Å²) in [6.45, 7) is 3.85. The lowest BCUT2D eigenvalue weighted by molar-refractivity contribution is 0.0934. The number of carbonyl (C=O) groups is 1. The molecule has 3 rings (SSSR count). The highest BCUT2D eigenvalue weighted by atomic mass is 16.3. The van der Waals surface area contributed by atoms with Crippen LogP contribution in [0.15, 0.2) is 48.7 Å². The zero-order chi connectivity index (χ0) is 17.1. The molecule has 122 valence electrons. The number of hydrogen-bond donors (Lipinski definition) is 3. The van der Waals surface area contributed by atoms with Crippen molar-refractivity contribution in [3.8, 4) is 17.0 Å². The van der Waals surface area contributed by atoms with Crippen LogP contribution in [-0.2, 0) is 0 Å². The fourth-order valence-corrected chi connectivity index (χ4v) is 2.30. The maximum absolute atomic E-state index is 12.3. The van der Waals surface area contributed by atoms with Gasteiger partial charge in [0.2, 0.25) is 0 Å². The summed E-state index contributed by atoms with van der Waals surface area (Å²) in [5.41, 5.74) is 3.70. The lowest BCUT2D eigenvalue weighted by atomic mass is 10.1. The molecule has 0 fully saturated rings. The Balaban J connectivity index is 1.71. The van der Waals surface area contributed by atoms with E-state index in [1.165, 1.54) is 0 Å². The summed E-state index contributed by atoms with van der Waals surface area (Å²) in [6.07, 6.45) is 1.77. The third-order valence-corrected chi connectivity index (χ3v) is 3.71. The highest BCUT2D eigenvalue weighted by Gasteiger charge is 2.15. The molecular formula is C18H18N4O2. The summed E-state index contributed by atoms with van der Waals surface area (Å²) >= 11 is 0. The lowest BCUT2D eigenvalue weighted by Gasteiger charge is -2.12. The van der Waals surface area contributed by atoms with Gasteiger partial charge in [-0.05, 0) is 55.8 Å². The van der Waals surface area contributed by atoms with Gasteiger partial charge in [0.15, 0.2) is 0 Å². The quantitative estimate of drug-likeness (QED) is 0.688. The van der Waals surface area contributed by atoms with E-state index in [2.05, 4.69) is 20.5 Å². The summed E-state index contributed by atoms with van der Waals surface area (Å²) in [6, 6.07) is 12.0. The smallest absolute Gasteiger partial charge is 0.269 e. The molecule has 0 unspecified atom stereocenters. The van der Waals surface area contributed by atoms with Crippen LogP contribution in [0.5, 0.6) is 5.75 Å². The first kappa shape index (κ1) is 15.7. The zero-order valence-corrected chi connectivity index (χ0v) is 13.4. The van der Waals surface area contributed by atoms with E-state index in [0.29, 0.717) is 11.4 Å². The third-order valence-electron chi connectivity index (χ3n) is 3.71. The normalized spacial score (nSPS) is 11.9. The number of rotatable bonds is 4. The van der Waals surface area contributed by atoms with Crippen LogP contribution in [-0.4, -0.2) is 26.2 Å². The second kappa shape index (κ2) is 6.54. The summed E-state index contributed by atoms with van der Waals surface area (Å²) in [7, 11) is 0. The van der Waals surface area contributed by atoms with Crippen LogP contribution >= 0.6 is 0 Å². The van der Waals surface area contributed by atoms with Gasteiger partial charge in [-0.1, -0.05) is 6.07 Å². The minimum Gasteiger partial charge on any atom is -0.508 e. The van der Waals surface area contributed by atoms with Crippen molar-refractivity contribution in [1.29, 1.82) is 0 Å². The molecule has 1 atom stereocenters. The van der Waals surface area contributed by atoms with Gasteiger partial charge in [0, 0.05) is 11.8 Å². The molecule has 0 saturated carbocycles. The number of benzene rings is 1. The Morgan fingerprint density at radius 1 is 1.21 bits per heavy atom. The van der Waals surface area contributed by atoms with Crippen molar-refractivity contribution < 1.29 is 9.90 Å². The van der Waals surface area contributed by atoms with E-state index in [4.69, 9.17) is 0 Å². The molecule has 6 nitrogen and oxygen atoms in total. The highest BCUT2D eigenvalue weighted by Crippen LogP contribution is 2.20. The monoisotopic (exact) mass is 322 g/mol. The molecule has 2 aromatic heterocycles. The molecule has 1 aromatic carbocycles. The Morgan fingerprint density at radius 2 is 1.96 bits per heavy atom. The van der Waals surface area contributed by atoms with Crippen molar-refractivity contribution in [1.82, 2.24) is 20.5 Å². The van der Waals surface area contributed by atoms with E-state index >= 15 is 0 Å². The molecule has 24 heavy (non-hydrogen) atoms. The molecule has 3 N–H and O–H groups in total. The fraction of sp³-hybridized carbons (Fsp3) is 0.167. The number of amides is 1. The average Bonchev–Trinajstić information content (AvgIpc) is 3.06. The highest BCUT2D eigenvalue weighted by molar-refractivity contribution is 5.93. The third kappa shape index (κ3) is 3.43. The van der Waals surface area contributed by atoms with Crippen LogP contribution < -0.4 is 5.32 Å². The maximum atomic E-state index is 12.3. The maximum Gasteiger partial charge on any atom is 0.269 e. The first-order valence-corrected chi connectivity index (χ1v) is 7.61. The van der Waals surface area contributed by atoms with Gasteiger partial charge in [0.05, 0.1) is 17.4 Å². The Hall–Kier alpha value is -3.15. The molecule has 0 saturated heterocycles. The van der Waals surface area contributed by atoms with Gasteiger partial charge in [0.1, 0.15) is 11.4 Å². The van der Waals surface area contributed by atoms with Crippen molar-refractivity contribution in [2.75, 3.05) is 0 Å². The van der Waals surface area contributed by atoms with E-state index in [1.807, 2.05) is 26.0 Å². The van der Waals surface area contributed by atoms with Gasteiger partial charge in [-0.2, -0.15) is 5.10 Å². The number of aromatic amines is 1.